The molecule has 0 amide bonds. The number of methoxy groups -OCH3 is 1. The number of ketones is 1. The van der Waals surface area contributed by atoms with Gasteiger partial charge in [0.2, 0.25) is 0 Å². The van der Waals surface area contributed by atoms with Crippen LogP contribution >= 0.6 is 11.6 Å². The number of aromatic carboxylic acids is 1. The zero-order valence-electron chi connectivity index (χ0n) is 18.9. The largest absolute Gasteiger partial charge is 0.495 e. The highest BCUT2D eigenvalue weighted by Crippen LogP contribution is 2.34. The second kappa shape index (κ2) is 10.4. The van der Waals surface area contributed by atoms with Crippen LogP contribution in [0.3, 0.4) is 0 Å². The number of carboxylic acid groups (broad SMARTS) is 1. The van der Waals surface area contributed by atoms with Gasteiger partial charge in [-0.25, -0.2) is 4.79 Å². The van der Waals surface area contributed by atoms with E-state index in [0.717, 1.165) is 0 Å². The molecule has 3 aromatic rings. The van der Waals surface area contributed by atoms with Crippen molar-refractivity contribution in [1.82, 2.24) is 4.57 Å². The number of nitriles is 1. The number of benzene rings is 2. The topological polar surface area (TPSA) is 109 Å². The Balaban J connectivity index is 2.03. The van der Waals surface area contributed by atoms with Crippen molar-refractivity contribution in [3.63, 3.8) is 0 Å². The summed E-state index contributed by atoms with van der Waals surface area (Å²) in [5, 5.41) is 19.0. The molecule has 0 bridgehead atoms. The molecule has 0 saturated heterocycles. The first kappa shape index (κ1) is 24.7. The molecule has 8 heteroatoms. The minimum Gasteiger partial charge on any atom is -0.495 e. The second-order valence-electron chi connectivity index (χ2n) is 8.14. The van der Waals surface area contributed by atoms with Crippen LogP contribution in [-0.4, -0.2) is 28.5 Å². The molecule has 1 atom stereocenters. The maximum absolute atomic E-state index is 13.2. The number of rotatable bonds is 8. The molecule has 1 unspecified atom stereocenters. The molecule has 1 aromatic heterocycles. The summed E-state index contributed by atoms with van der Waals surface area (Å²) in [6, 6.07) is 13.5. The molecule has 0 aliphatic heterocycles. The van der Waals surface area contributed by atoms with Gasteiger partial charge in [-0.15, -0.1) is 0 Å². The summed E-state index contributed by atoms with van der Waals surface area (Å²) in [4.78, 5) is 37.5. The first-order valence-corrected chi connectivity index (χ1v) is 10.9. The van der Waals surface area contributed by atoms with Gasteiger partial charge in [0.05, 0.1) is 36.5 Å². The van der Waals surface area contributed by atoms with Gasteiger partial charge in [0, 0.05) is 28.6 Å². The SMILES string of the molecule is COc1cn(C(C(=O)Cc2ccc(C(=O)O)cc2)C(C)C)c(=O)cc1-c1cc(Cl)ccc1C#N. The summed E-state index contributed by atoms with van der Waals surface area (Å²) in [5.74, 6) is -1.13. The lowest BCUT2D eigenvalue weighted by Gasteiger charge is -2.24. The number of halogens is 1. The molecule has 0 spiro atoms. The summed E-state index contributed by atoms with van der Waals surface area (Å²) in [6.07, 6.45) is 1.52. The van der Waals surface area contributed by atoms with E-state index in [-0.39, 0.29) is 23.7 Å². The van der Waals surface area contributed by atoms with Gasteiger partial charge in [-0.1, -0.05) is 37.6 Å². The highest BCUT2D eigenvalue weighted by Gasteiger charge is 2.27. The van der Waals surface area contributed by atoms with Gasteiger partial charge in [-0.3, -0.25) is 9.59 Å². The molecule has 3 rings (SSSR count). The third-order valence-electron chi connectivity index (χ3n) is 5.50. The number of hydrogen-bond acceptors (Lipinski definition) is 5. The van der Waals surface area contributed by atoms with E-state index in [1.807, 2.05) is 13.8 Å². The Morgan fingerprint density at radius 1 is 1.12 bits per heavy atom. The number of hydrogen-bond donors (Lipinski definition) is 1. The van der Waals surface area contributed by atoms with Crippen molar-refractivity contribution in [3.8, 4) is 22.9 Å². The number of nitrogens with zero attached hydrogens (tertiary/aromatic N) is 2. The van der Waals surface area contributed by atoms with Crippen molar-refractivity contribution in [2.45, 2.75) is 26.3 Å². The second-order valence-corrected chi connectivity index (χ2v) is 8.57. The van der Waals surface area contributed by atoms with Crippen LogP contribution in [0.25, 0.3) is 11.1 Å². The summed E-state index contributed by atoms with van der Waals surface area (Å²) in [6.45, 7) is 3.68. The van der Waals surface area contributed by atoms with Crippen LogP contribution in [0.15, 0.2) is 59.5 Å². The van der Waals surface area contributed by atoms with Crippen LogP contribution in [0, 0.1) is 17.2 Å². The van der Waals surface area contributed by atoms with Crippen molar-refractivity contribution in [3.05, 3.63) is 86.8 Å². The standard InChI is InChI=1S/C26H23ClN2O5/c1-15(2)25(22(30)10-16-4-6-17(7-5-16)26(32)33)29-14-23(34-3)21(12-24(29)31)20-11-19(27)9-8-18(20)13-28/h4-9,11-12,14-15,25H,10H2,1-3H3,(H,32,33). The average Bonchev–Trinajstić information content (AvgIpc) is 2.80. The summed E-state index contributed by atoms with van der Waals surface area (Å²) >= 11 is 6.12. The predicted octanol–water partition coefficient (Wildman–Crippen LogP) is 4.76. The van der Waals surface area contributed by atoms with Crippen molar-refractivity contribution in [2.75, 3.05) is 7.11 Å². The minimum atomic E-state index is -1.05. The fourth-order valence-corrected chi connectivity index (χ4v) is 4.05. The average molecular weight is 479 g/mol. The van der Waals surface area contributed by atoms with E-state index in [4.69, 9.17) is 21.4 Å². The fraction of sp³-hybridized carbons (Fsp3) is 0.231. The Morgan fingerprint density at radius 2 is 1.79 bits per heavy atom. The normalized spacial score (nSPS) is 11.6. The number of Topliss-reactive ketones (excluding diaryl/α,β-unsaturated/α-hetero) is 1. The van der Waals surface area contributed by atoms with E-state index >= 15 is 0 Å². The monoisotopic (exact) mass is 478 g/mol. The Bertz CT molecular complexity index is 1340. The lowest BCUT2D eigenvalue weighted by atomic mass is 9.94. The lowest BCUT2D eigenvalue weighted by Crippen LogP contribution is -2.33. The van der Waals surface area contributed by atoms with Crippen LogP contribution in [0.4, 0.5) is 0 Å². The smallest absolute Gasteiger partial charge is 0.335 e. The van der Waals surface area contributed by atoms with Crippen molar-refractivity contribution >= 4 is 23.4 Å². The summed E-state index contributed by atoms with van der Waals surface area (Å²) < 4.78 is 6.86. The first-order valence-electron chi connectivity index (χ1n) is 10.5. The first-order chi connectivity index (χ1) is 16.2. The summed E-state index contributed by atoms with van der Waals surface area (Å²) in [7, 11) is 1.44. The van der Waals surface area contributed by atoms with Crippen LogP contribution < -0.4 is 10.3 Å². The lowest BCUT2D eigenvalue weighted by molar-refractivity contribution is -0.122. The molecular formula is C26H23ClN2O5. The highest BCUT2D eigenvalue weighted by atomic mass is 35.5. The number of carbonyl (C=O) groups is 2. The molecule has 34 heavy (non-hydrogen) atoms. The number of aromatic nitrogens is 1. The molecule has 1 heterocycles. The van der Waals surface area contributed by atoms with Crippen molar-refractivity contribution < 1.29 is 19.4 Å². The molecule has 0 saturated carbocycles. The molecule has 174 valence electrons. The van der Waals surface area contributed by atoms with Gasteiger partial charge in [-0.2, -0.15) is 5.26 Å². The van der Waals surface area contributed by atoms with Crippen molar-refractivity contribution in [2.24, 2.45) is 5.92 Å². The maximum atomic E-state index is 13.2. The van der Waals surface area contributed by atoms with E-state index in [1.54, 1.807) is 30.3 Å². The minimum absolute atomic E-state index is 0.0339. The molecule has 0 aliphatic carbocycles. The van der Waals surface area contributed by atoms with Gasteiger partial charge < -0.3 is 14.4 Å². The zero-order valence-corrected chi connectivity index (χ0v) is 19.7. The molecule has 2 aromatic carbocycles. The number of pyridine rings is 1. The molecule has 0 radical (unpaired) electrons. The Hall–Kier alpha value is -3.89. The fourth-order valence-electron chi connectivity index (χ4n) is 3.88. The van der Waals surface area contributed by atoms with E-state index < -0.39 is 17.6 Å². The maximum Gasteiger partial charge on any atom is 0.335 e. The van der Waals surface area contributed by atoms with E-state index in [1.165, 1.54) is 36.1 Å². The van der Waals surface area contributed by atoms with Gasteiger partial charge in [0.15, 0.2) is 5.78 Å². The van der Waals surface area contributed by atoms with Crippen LogP contribution in [0.5, 0.6) is 5.75 Å². The van der Waals surface area contributed by atoms with Crippen LogP contribution in [0.1, 0.15) is 41.4 Å². The van der Waals surface area contributed by atoms with Gasteiger partial charge in [0.25, 0.3) is 5.56 Å². The van der Waals surface area contributed by atoms with Crippen LogP contribution in [0.2, 0.25) is 5.02 Å². The molecule has 0 aliphatic rings. The predicted molar refractivity (Wildman–Crippen MR) is 128 cm³/mol. The van der Waals surface area contributed by atoms with E-state index in [2.05, 4.69) is 6.07 Å². The zero-order chi connectivity index (χ0) is 25.0. The molecule has 0 fully saturated rings. The summed E-state index contributed by atoms with van der Waals surface area (Å²) in [5.41, 5.74) is 1.55. The highest BCUT2D eigenvalue weighted by molar-refractivity contribution is 6.31. The number of carbonyl (C=O) groups excluding carboxylic acids is 1. The van der Waals surface area contributed by atoms with Crippen LogP contribution in [-0.2, 0) is 11.2 Å². The van der Waals surface area contributed by atoms with E-state index in [9.17, 15) is 19.6 Å². The Morgan fingerprint density at radius 3 is 2.35 bits per heavy atom. The quantitative estimate of drug-likeness (QED) is 0.500. The third kappa shape index (κ3) is 5.19. The third-order valence-corrected chi connectivity index (χ3v) is 5.73. The number of carboxylic acids is 1. The van der Waals surface area contributed by atoms with Gasteiger partial charge >= 0.3 is 5.97 Å². The van der Waals surface area contributed by atoms with E-state index in [0.29, 0.717) is 33.0 Å². The molecular weight excluding hydrogens is 456 g/mol. The Labute approximate surface area is 201 Å². The Kier molecular flexibility index (Phi) is 7.54. The molecule has 1 N–H and O–H groups in total. The van der Waals surface area contributed by atoms with Crippen molar-refractivity contribution in [1.29, 1.82) is 5.26 Å². The molecule has 7 nitrogen and oxygen atoms in total. The van der Waals surface area contributed by atoms with Gasteiger partial charge in [0.1, 0.15) is 5.75 Å². The number of ether oxygens (including phenoxy) is 1. The van der Waals surface area contributed by atoms with Gasteiger partial charge in [-0.05, 0) is 41.8 Å².